The Balaban J connectivity index is 0.000000941. The first-order chi connectivity index (χ1) is 14.0. The molecule has 0 bridgehead atoms. The summed E-state index contributed by atoms with van der Waals surface area (Å²) in [6, 6.07) is 3.94. The predicted octanol–water partition coefficient (Wildman–Crippen LogP) is 0.722. The van der Waals surface area contributed by atoms with Gasteiger partial charge in [-0.3, -0.25) is 14.6 Å². The summed E-state index contributed by atoms with van der Waals surface area (Å²) in [4.78, 5) is 33.7. The Kier molecular flexibility index (Phi) is 9.52. The average molecular weight is 506 g/mol. The van der Waals surface area contributed by atoms with Gasteiger partial charge >= 0.3 is 31.1 Å². The summed E-state index contributed by atoms with van der Waals surface area (Å²) in [5.41, 5.74) is 2.14. The molecule has 0 aliphatic heterocycles. The van der Waals surface area contributed by atoms with Crippen LogP contribution in [0, 0.1) is 29.1 Å². The predicted molar refractivity (Wildman–Crippen MR) is 112 cm³/mol. The molecule has 0 radical (unpaired) electrons. The summed E-state index contributed by atoms with van der Waals surface area (Å²) in [6.07, 6.45) is 12.4. The van der Waals surface area contributed by atoms with E-state index in [2.05, 4.69) is 33.2 Å². The van der Waals surface area contributed by atoms with Crippen molar-refractivity contribution in [1.29, 1.82) is 5.26 Å². The number of ketones is 1. The second kappa shape index (κ2) is 11.9. The number of pyridine rings is 1. The average Bonchev–Trinajstić information content (AvgIpc) is 3.12. The fraction of sp³-hybridized carbons (Fsp3) is 0.478. The second-order valence-corrected chi connectivity index (χ2v) is 9.52. The molecule has 1 N–H and O–H groups in total. The molecule has 0 aromatic carbocycles. The topological polar surface area (TPSA) is 82.8 Å². The minimum atomic E-state index is -0.202. The molecule has 3 unspecified atom stereocenters. The molecule has 29 heavy (non-hydrogen) atoms. The number of carbonyl (C=O) groups is 2. The molecule has 1 fully saturated rings. The number of nitriles is 1. The van der Waals surface area contributed by atoms with Gasteiger partial charge in [0.1, 0.15) is 5.78 Å². The van der Waals surface area contributed by atoms with Crippen LogP contribution < -0.4 is 26.5 Å². The number of hydrogen-bond donors (Lipinski definition) is 1. The number of nitrogens with zero attached hydrogens (tertiary/aromatic N) is 2. The third-order valence-electron chi connectivity index (χ3n) is 5.14. The summed E-state index contributed by atoms with van der Waals surface area (Å²) < 4.78 is 0. The Morgan fingerprint density at radius 1 is 1.28 bits per heavy atom. The fourth-order valence-corrected chi connectivity index (χ4v) is 3.63. The van der Waals surface area contributed by atoms with Crippen molar-refractivity contribution >= 4 is 23.8 Å². The maximum absolute atomic E-state index is 12.6. The van der Waals surface area contributed by atoms with Crippen molar-refractivity contribution in [2.24, 2.45) is 17.8 Å². The van der Waals surface area contributed by atoms with E-state index in [1.165, 1.54) is 0 Å². The summed E-state index contributed by atoms with van der Waals surface area (Å²) in [5.74, 6) is -0.152. The molecule has 3 rings (SSSR count). The van der Waals surface area contributed by atoms with E-state index in [0.717, 1.165) is 30.5 Å². The van der Waals surface area contributed by atoms with Gasteiger partial charge in [0.15, 0.2) is 0 Å². The van der Waals surface area contributed by atoms with E-state index in [4.69, 9.17) is 5.26 Å². The molecule has 1 amide bonds. The van der Waals surface area contributed by atoms with Crippen molar-refractivity contribution in [3.63, 3.8) is 0 Å². The van der Waals surface area contributed by atoms with Gasteiger partial charge in [-0.25, -0.2) is 0 Å². The molecule has 3 atom stereocenters. The van der Waals surface area contributed by atoms with E-state index in [1.807, 2.05) is 24.3 Å². The zero-order valence-electron chi connectivity index (χ0n) is 17.3. The van der Waals surface area contributed by atoms with Gasteiger partial charge < -0.3 is 5.32 Å². The molecular formula is C23H29IN3O2-. The molecule has 0 spiro atoms. The number of fused-ring (bicyclic) bond motifs is 1. The number of halogens is 1. The number of carbonyl (C=O) groups excluding carboxylic acids is 2. The molecule has 1 heterocycles. The normalized spacial score (nSPS) is 22.1. The standard InChI is InChI=1S/C21H23N3O2.C2H6I/c1-14-5-7-17-18(9-11-23-19(17)8-6-14)21(26)24-12-10-20(25)16-4-2-3-15(16)13-22;1-3-2/h5-9,11,14-16H,2-4,10,12H2,1H3,(H,24,26);1-2H3/q;-1. The van der Waals surface area contributed by atoms with E-state index in [-0.39, 0.29) is 35.9 Å². The van der Waals surface area contributed by atoms with Crippen LogP contribution in [0.2, 0.25) is 0 Å². The quantitative estimate of drug-likeness (QED) is 0.472. The molecule has 5 nitrogen and oxygen atoms in total. The van der Waals surface area contributed by atoms with Crippen LogP contribution in [0.4, 0.5) is 0 Å². The number of allylic oxidation sites excluding steroid dienone is 2. The Bertz CT molecular complexity index is 826. The van der Waals surface area contributed by atoms with E-state index < -0.39 is 0 Å². The molecule has 1 aromatic rings. The van der Waals surface area contributed by atoms with Crippen LogP contribution in [0.1, 0.15) is 54.2 Å². The van der Waals surface area contributed by atoms with Crippen LogP contribution >= 0.6 is 0 Å². The number of Topliss-reactive ketones (excluding diaryl/α,β-unsaturated/α-hetero) is 1. The molecule has 1 aromatic heterocycles. The second-order valence-electron chi connectivity index (χ2n) is 7.36. The van der Waals surface area contributed by atoms with E-state index >= 15 is 0 Å². The molecule has 6 heteroatoms. The first-order valence-electron chi connectivity index (χ1n) is 9.91. The first kappa shape index (κ1) is 23.3. The van der Waals surface area contributed by atoms with Crippen LogP contribution in [-0.4, -0.2) is 33.1 Å². The minimum absolute atomic E-state index is 0.0829. The van der Waals surface area contributed by atoms with Gasteiger partial charge in [-0.15, -0.1) is 0 Å². The summed E-state index contributed by atoms with van der Waals surface area (Å²) in [6.45, 7) is 2.36. The third-order valence-corrected chi connectivity index (χ3v) is 5.14. The van der Waals surface area contributed by atoms with Crippen molar-refractivity contribution in [2.75, 3.05) is 16.4 Å². The Morgan fingerprint density at radius 3 is 2.72 bits per heavy atom. The Labute approximate surface area is 183 Å². The maximum atomic E-state index is 12.6. The summed E-state index contributed by atoms with van der Waals surface area (Å²) in [7, 11) is 0. The number of rotatable bonds is 5. The van der Waals surface area contributed by atoms with Crippen LogP contribution in [-0.2, 0) is 4.79 Å². The van der Waals surface area contributed by atoms with Gasteiger partial charge in [0.05, 0.1) is 23.2 Å². The van der Waals surface area contributed by atoms with Crippen molar-refractivity contribution in [2.45, 2.75) is 32.6 Å². The monoisotopic (exact) mass is 506 g/mol. The van der Waals surface area contributed by atoms with E-state index in [1.54, 1.807) is 12.3 Å². The number of alkyl halides is 2. The fourth-order valence-electron chi connectivity index (χ4n) is 3.63. The van der Waals surface area contributed by atoms with Crippen LogP contribution in [0.15, 0.2) is 24.4 Å². The molecule has 2 aliphatic rings. The molecule has 156 valence electrons. The van der Waals surface area contributed by atoms with Gasteiger partial charge in [-0.2, -0.15) is 5.26 Å². The van der Waals surface area contributed by atoms with Crippen molar-refractivity contribution in [1.82, 2.24) is 10.3 Å². The van der Waals surface area contributed by atoms with Crippen LogP contribution in [0.5, 0.6) is 0 Å². The number of aromatic nitrogens is 1. The van der Waals surface area contributed by atoms with Crippen molar-refractivity contribution < 1.29 is 30.8 Å². The Hall–Kier alpha value is -2.01. The third kappa shape index (κ3) is 6.49. The zero-order chi connectivity index (χ0) is 21.2. The van der Waals surface area contributed by atoms with Crippen LogP contribution in [0.3, 0.4) is 0 Å². The number of nitrogens with one attached hydrogen (secondary N) is 1. The summed E-state index contributed by atoms with van der Waals surface area (Å²) in [5, 5.41) is 12.0. The summed E-state index contributed by atoms with van der Waals surface area (Å²) >= 11 is 0.590. The molecular weight excluding hydrogens is 477 g/mol. The van der Waals surface area contributed by atoms with Crippen LogP contribution in [0.25, 0.3) is 12.2 Å². The van der Waals surface area contributed by atoms with Gasteiger partial charge in [0.2, 0.25) is 0 Å². The van der Waals surface area contributed by atoms with Crippen molar-refractivity contribution in [3.05, 3.63) is 41.2 Å². The van der Waals surface area contributed by atoms with Gasteiger partial charge in [0.25, 0.3) is 5.91 Å². The molecule has 1 saturated carbocycles. The van der Waals surface area contributed by atoms with E-state index in [9.17, 15) is 9.59 Å². The Morgan fingerprint density at radius 2 is 2.00 bits per heavy atom. The first-order valence-corrected chi connectivity index (χ1v) is 14.2. The van der Waals surface area contributed by atoms with Gasteiger partial charge in [0, 0.05) is 30.6 Å². The van der Waals surface area contributed by atoms with Gasteiger partial charge in [-0.1, -0.05) is 31.6 Å². The molecule has 2 aliphatic carbocycles. The van der Waals surface area contributed by atoms with E-state index in [0.29, 0.717) is 33.3 Å². The molecule has 0 saturated heterocycles. The number of hydrogen-bond acceptors (Lipinski definition) is 4. The zero-order valence-corrected chi connectivity index (χ0v) is 19.5. The van der Waals surface area contributed by atoms with Gasteiger partial charge in [-0.05, 0) is 30.9 Å². The number of amides is 1. The van der Waals surface area contributed by atoms with Crippen molar-refractivity contribution in [3.8, 4) is 6.07 Å². The SMILES string of the molecule is CC1C=Cc2nccc(C(=O)NCCC(=O)C3CCCC3C#N)c2C=C1.C[I-]C.